The maximum atomic E-state index is 7.51. The first-order valence-corrected chi connectivity index (χ1v) is 6.78. The lowest BCUT2D eigenvalue weighted by Crippen LogP contribution is -2.18. The molecule has 0 saturated carbocycles. The molecule has 2 heterocycles. The van der Waals surface area contributed by atoms with E-state index in [0.29, 0.717) is 12.4 Å². The summed E-state index contributed by atoms with van der Waals surface area (Å²) in [6, 6.07) is 5.58. The van der Waals surface area contributed by atoms with E-state index >= 15 is 0 Å². The van der Waals surface area contributed by atoms with Crippen LogP contribution < -0.4 is 10.6 Å². The minimum absolute atomic E-state index is 0.0266. The van der Waals surface area contributed by atoms with E-state index in [1.54, 1.807) is 12.3 Å². The number of nitrogens with one attached hydrogen (secondary N) is 3. The molecule has 0 saturated heterocycles. The van der Waals surface area contributed by atoms with Gasteiger partial charge in [-0.2, -0.15) is 0 Å². The van der Waals surface area contributed by atoms with Gasteiger partial charge in [0.1, 0.15) is 5.82 Å². The Balaban J connectivity index is 2.37. The molecule has 7 heteroatoms. The molecule has 0 fully saturated rings. The molecule has 2 aromatic rings. The van der Waals surface area contributed by atoms with Crippen molar-refractivity contribution in [2.45, 2.75) is 5.92 Å². The van der Waals surface area contributed by atoms with Crippen molar-refractivity contribution in [2.75, 3.05) is 18.9 Å². The summed E-state index contributed by atoms with van der Waals surface area (Å²) >= 11 is 4.95. The van der Waals surface area contributed by atoms with Crippen molar-refractivity contribution in [3.05, 3.63) is 30.0 Å². The van der Waals surface area contributed by atoms with Crippen LogP contribution in [0.25, 0.3) is 11.0 Å². The molecular formula is C14H16N6S. The highest BCUT2D eigenvalue weighted by Gasteiger charge is 2.10. The molecule has 108 valence electrons. The summed E-state index contributed by atoms with van der Waals surface area (Å²) < 4.78 is 0. The quantitative estimate of drug-likeness (QED) is 0.580. The van der Waals surface area contributed by atoms with Gasteiger partial charge in [0.15, 0.2) is 5.11 Å². The molecule has 2 rings (SSSR count). The fourth-order valence-electron chi connectivity index (χ4n) is 1.94. The summed E-state index contributed by atoms with van der Waals surface area (Å²) in [7, 11) is 1.86. The molecule has 0 amide bonds. The lowest BCUT2D eigenvalue weighted by molar-refractivity contribution is 0.754. The summed E-state index contributed by atoms with van der Waals surface area (Å²) in [5.74, 6) is 0.570. The molecule has 2 aromatic heterocycles. The van der Waals surface area contributed by atoms with Crippen molar-refractivity contribution >= 4 is 47.1 Å². The predicted molar refractivity (Wildman–Crippen MR) is 90.8 cm³/mol. The van der Waals surface area contributed by atoms with E-state index in [9.17, 15) is 0 Å². The number of nitrogens with zero attached hydrogens (tertiary/aromatic N) is 3. The van der Waals surface area contributed by atoms with Crippen LogP contribution >= 0.6 is 12.2 Å². The lowest BCUT2D eigenvalue weighted by Gasteiger charge is -2.12. The van der Waals surface area contributed by atoms with Gasteiger partial charge in [0, 0.05) is 24.9 Å². The largest absolute Gasteiger partial charge is 0.319 e. The number of thiocarbonyl (C=S) groups is 1. The number of pyridine rings is 2. The van der Waals surface area contributed by atoms with Crippen LogP contribution in [-0.4, -0.2) is 41.6 Å². The highest BCUT2D eigenvalue weighted by molar-refractivity contribution is 7.80. The Hall–Kier alpha value is -2.25. The zero-order chi connectivity index (χ0) is 15.2. The first-order chi connectivity index (χ1) is 10.2. The number of likely N-dealkylation sites (N-methyl/N-ethyl adjacent to an activating group) is 1. The maximum Gasteiger partial charge on any atom is 0.197 e. The molecule has 0 bridgehead atoms. The molecule has 6 nitrogen and oxygen atoms in total. The van der Waals surface area contributed by atoms with Crippen LogP contribution in [0, 0.1) is 5.41 Å². The number of hydrogen-bond acceptors (Lipinski definition) is 5. The number of hydrogen-bond donors (Lipinski definition) is 3. The van der Waals surface area contributed by atoms with E-state index in [2.05, 4.69) is 32.3 Å². The predicted octanol–water partition coefficient (Wildman–Crippen LogP) is 1.98. The fourth-order valence-corrected chi connectivity index (χ4v) is 2.04. The molecule has 0 aliphatic heterocycles. The van der Waals surface area contributed by atoms with Crippen LogP contribution in [0.2, 0.25) is 0 Å². The summed E-state index contributed by atoms with van der Waals surface area (Å²) in [5.41, 5.74) is 2.48. The Morgan fingerprint density at radius 2 is 2.33 bits per heavy atom. The monoisotopic (exact) mass is 300 g/mol. The van der Waals surface area contributed by atoms with Gasteiger partial charge >= 0.3 is 0 Å². The van der Waals surface area contributed by atoms with Gasteiger partial charge in [0.2, 0.25) is 0 Å². The topological polar surface area (TPSA) is 86.0 Å². The number of aromatic nitrogens is 2. The molecule has 0 radical (unpaired) electrons. The van der Waals surface area contributed by atoms with Crippen LogP contribution in [-0.2, 0) is 0 Å². The summed E-state index contributed by atoms with van der Waals surface area (Å²) in [6.45, 7) is 4.04. The van der Waals surface area contributed by atoms with Crippen LogP contribution in [0.5, 0.6) is 0 Å². The number of aliphatic imine (C=N–C) groups is 1. The van der Waals surface area contributed by atoms with Crippen molar-refractivity contribution in [1.82, 2.24) is 15.3 Å². The van der Waals surface area contributed by atoms with Gasteiger partial charge in [-0.05, 0) is 49.7 Å². The molecule has 0 spiro atoms. The molecule has 21 heavy (non-hydrogen) atoms. The minimum atomic E-state index is -0.0266. The van der Waals surface area contributed by atoms with Gasteiger partial charge < -0.3 is 16.0 Å². The van der Waals surface area contributed by atoms with Gasteiger partial charge in [-0.1, -0.05) is 0 Å². The highest BCUT2D eigenvalue weighted by Crippen LogP contribution is 2.19. The van der Waals surface area contributed by atoms with Gasteiger partial charge in [0.05, 0.1) is 11.0 Å². The molecule has 3 N–H and O–H groups in total. The molecule has 1 atom stereocenters. The van der Waals surface area contributed by atoms with Crippen LogP contribution in [0.3, 0.4) is 0 Å². The second-order valence-electron chi connectivity index (χ2n) is 4.42. The first kappa shape index (κ1) is 15.1. The van der Waals surface area contributed by atoms with Gasteiger partial charge in [-0.25, -0.2) is 9.98 Å². The van der Waals surface area contributed by atoms with E-state index in [1.807, 2.05) is 19.2 Å². The van der Waals surface area contributed by atoms with Gasteiger partial charge in [-0.3, -0.25) is 4.98 Å². The van der Waals surface area contributed by atoms with Gasteiger partial charge in [0.25, 0.3) is 0 Å². The smallest absolute Gasteiger partial charge is 0.197 e. The average Bonchev–Trinajstić information content (AvgIpc) is 2.51. The zero-order valence-electron chi connectivity index (χ0n) is 11.6. The van der Waals surface area contributed by atoms with Crippen molar-refractivity contribution in [3.63, 3.8) is 0 Å². The molecule has 1 unspecified atom stereocenters. The highest BCUT2D eigenvalue weighted by atomic mass is 32.1. The van der Waals surface area contributed by atoms with Crippen molar-refractivity contribution in [3.8, 4) is 0 Å². The van der Waals surface area contributed by atoms with E-state index < -0.39 is 0 Å². The maximum absolute atomic E-state index is 7.51. The van der Waals surface area contributed by atoms with Crippen LogP contribution in [0.4, 0.5) is 5.82 Å². The van der Waals surface area contributed by atoms with Crippen LogP contribution in [0.1, 0.15) is 11.5 Å². The second kappa shape index (κ2) is 6.96. The van der Waals surface area contributed by atoms with E-state index in [1.165, 1.54) is 6.21 Å². The Labute approximate surface area is 128 Å². The van der Waals surface area contributed by atoms with E-state index in [0.717, 1.165) is 16.6 Å². The van der Waals surface area contributed by atoms with Gasteiger partial charge in [-0.15, -0.1) is 0 Å². The van der Waals surface area contributed by atoms with Crippen molar-refractivity contribution in [2.24, 2.45) is 4.99 Å². The summed E-state index contributed by atoms with van der Waals surface area (Å²) in [6.07, 6.45) is 3.18. The Morgan fingerprint density at radius 3 is 3.00 bits per heavy atom. The molecule has 0 aromatic carbocycles. The molecule has 0 aliphatic carbocycles. The minimum Gasteiger partial charge on any atom is -0.319 e. The first-order valence-electron chi connectivity index (χ1n) is 6.37. The van der Waals surface area contributed by atoms with E-state index in [-0.39, 0.29) is 11.0 Å². The molecular weight excluding hydrogens is 284 g/mol. The van der Waals surface area contributed by atoms with Crippen molar-refractivity contribution in [1.29, 1.82) is 5.41 Å². The summed E-state index contributed by atoms with van der Waals surface area (Å²) in [5, 5.41) is 13.7. The lowest BCUT2D eigenvalue weighted by atomic mass is 10.0. The van der Waals surface area contributed by atoms with Crippen molar-refractivity contribution < 1.29 is 0 Å². The average molecular weight is 300 g/mol. The standard InChI is InChI=1S/C14H16N6S/c1-16-7-10(6-15)9-5-12-11(18-8-9)3-4-13(19-12)20-14(21)17-2/h3-6,8,10,15-16H,2,7H2,1H3,(H,19,20,21). The van der Waals surface area contributed by atoms with Crippen LogP contribution in [0.15, 0.2) is 29.4 Å². The SMILES string of the molecule is C=NC(=S)Nc1ccc2ncc(C(C=N)CNC)cc2n1. The Bertz CT molecular complexity index is 684. The summed E-state index contributed by atoms with van der Waals surface area (Å²) in [4.78, 5) is 12.5. The number of rotatable bonds is 5. The fraction of sp³-hybridized carbons (Fsp3) is 0.214. The normalized spacial score (nSPS) is 11.9. The zero-order valence-corrected chi connectivity index (χ0v) is 12.4. The number of fused-ring (bicyclic) bond motifs is 1. The Morgan fingerprint density at radius 1 is 1.52 bits per heavy atom. The second-order valence-corrected chi connectivity index (χ2v) is 4.81. The third kappa shape index (κ3) is 3.65. The third-order valence-electron chi connectivity index (χ3n) is 2.99. The molecule has 0 aliphatic rings. The third-order valence-corrected chi connectivity index (χ3v) is 3.22. The van der Waals surface area contributed by atoms with E-state index in [4.69, 9.17) is 17.6 Å². The Kier molecular flexibility index (Phi) is 5.02. The number of anilines is 1.